The molecule has 0 bridgehead atoms. The minimum Gasteiger partial charge on any atom is -0.478 e. The van der Waals surface area contributed by atoms with Crippen LogP contribution in [0.3, 0.4) is 0 Å². The van der Waals surface area contributed by atoms with Gasteiger partial charge in [0, 0.05) is 12.6 Å². The average Bonchev–Trinajstić information content (AvgIpc) is 3.34. The highest BCUT2D eigenvalue weighted by Gasteiger charge is 2.25. The summed E-state index contributed by atoms with van der Waals surface area (Å²) in [5.41, 5.74) is 4.56. The van der Waals surface area contributed by atoms with Gasteiger partial charge >= 0.3 is 5.97 Å². The Morgan fingerprint density at radius 1 is 1.24 bits per heavy atom. The van der Waals surface area contributed by atoms with Gasteiger partial charge in [0.05, 0.1) is 30.9 Å². The van der Waals surface area contributed by atoms with Crippen molar-refractivity contribution in [3.8, 4) is 0 Å². The first-order valence-electron chi connectivity index (χ1n) is 12.9. The van der Waals surface area contributed by atoms with Crippen LogP contribution in [-0.4, -0.2) is 33.4 Å². The zero-order chi connectivity index (χ0) is 26.2. The van der Waals surface area contributed by atoms with Crippen molar-refractivity contribution in [2.45, 2.75) is 71.8 Å². The molecule has 0 spiro atoms. The van der Waals surface area contributed by atoms with Crippen LogP contribution in [0.25, 0.3) is 0 Å². The Labute approximate surface area is 218 Å². The fourth-order valence-corrected chi connectivity index (χ4v) is 4.54. The lowest BCUT2D eigenvalue weighted by molar-refractivity contribution is 0.0696. The lowest BCUT2D eigenvalue weighted by Crippen LogP contribution is -2.35. The number of hydrogen-bond acceptors (Lipinski definition) is 6. The molecule has 2 aromatic carbocycles. The molecule has 7 heteroatoms. The van der Waals surface area contributed by atoms with Gasteiger partial charge in [-0.2, -0.15) is 4.98 Å². The second kappa shape index (κ2) is 12.5. The van der Waals surface area contributed by atoms with Crippen LogP contribution in [0.4, 0.5) is 5.69 Å². The molecule has 3 aromatic rings. The highest BCUT2D eigenvalue weighted by molar-refractivity contribution is 5.89. The number of ether oxygens (including phenoxy) is 1. The smallest absolute Gasteiger partial charge is 0.335 e. The molecule has 1 heterocycles. The maximum atomic E-state index is 11.8. The summed E-state index contributed by atoms with van der Waals surface area (Å²) in [5.74, 6) is 0.126. The quantitative estimate of drug-likeness (QED) is 0.312. The first-order valence-corrected chi connectivity index (χ1v) is 12.9. The van der Waals surface area contributed by atoms with Crippen molar-refractivity contribution in [1.29, 1.82) is 0 Å². The van der Waals surface area contributed by atoms with Crippen molar-refractivity contribution in [3.05, 3.63) is 101 Å². The van der Waals surface area contributed by atoms with Crippen LogP contribution in [0.1, 0.15) is 66.3 Å². The minimum atomic E-state index is -0.943. The van der Waals surface area contributed by atoms with Crippen LogP contribution in [0.15, 0.2) is 76.9 Å². The fraction of sp³-hybridized carbons (Fsp3) is 0.367. The Bertz CT molecular complexity index is 1250. The highest BCUT2D eigenvalue weighted by Crippen LogP contribution is 2.31. The molecule has 1 N–H and O–H groups in total. The molecule has 37 heavy (non-hydrogen) atoms. The highest BCUT2D eigenvalue weighted by atomic mass is 16.5. The first-order chi connectivity index (χ1) is 17.9. The van der Waals surface area contributed by atoms with E-state index in [4.69, 9.17) is 9.26 Å². The number of anilines is 1. The van der Waals surface area contributed by atoms with Crippen LogP contribution >= 0.6 is 0 Å². The maximum absolute atomic E-state index is 11.8. The number of aromatic carboxylic acids is 1. The maximum Gasteiger partial charge on any atom is 0.335 e. The van der Waals surface area contributed by atoms with Gasteiger partial charge in [-0.25, -0.2) is 4.79 Å². The van der Waals surface area contributed by atoms with Crippen LogP contribution in [-0.2, 0) is 24.3 Å². The third-order valence-electron chi connectivity index (χ3n) is 6.67. The Kier molecular flexibility index (Phi) is 8.90. The normalized spacial score (nSPS) is 15.9. The summed E-state index contributed by atoms with van der Waals surface area (Å²) in [6, 6.07) is 15.5. The average molecular weight is 502 g/mol. The van der Waals surface area contributed by atoms with Gasteiger partial charge in [0.25, 0.3) is 0 Å². The van der Waals surface area contributed by atoms with Gasteiger partial charge in [-0.3, -0.25) is 0 Å². The molecule has 2 unspecified atom stereocenters. The summed E-state index contributed by atoms with van der Waals surface area (Å²) >= 11 is 0. The Morgan fingerprint density at radius 3 is 2.70 bits per heavy atom. The lowest BCUT2D eigenvalue weighted by atomic mass is 9.96. The van der Waals surface area contributed by atoms with Crippen LogP contribution in [0.5, 0.6) is 0 Å². The van der Waals surface area contributed by atoms with E-state index >= 15 is 0 Å². The molecule has 0 fully saturated rings. The van der Waals surface area contributed by atoms with E-state index in [0.29, 0.717) is 24.9 Å². The van der Waals surface area contributed by atoms with Crippen molar-refractivity contribution >= 4 is 11.7 Å². The van der Waals surface area contributed by atoms with Gasteiger partial charge in [-0.1, -0.05) is 73.1 Å². The van der Waals surface area contributed by atoms with E-state index in [9.17, 15) is 9.90 Å². The van der Waals surface area contributed by atoms with E-state index in [-0.39, 0.29) is 17.7 Å². The summed E-state index contributed by atoms with van der Waals surface area (Å²) in [5, 5.41) is 13.8. The third-order valence-corrected chi connectivity index (χ3v) is 6.67. The molecule has 2 atom stereocenters. The second-order valence-electron chi connectivity index (χ2n) is 9.42. The largest absolute Gasteiger partial charge is 0.478 e. The lowest BCUT2D eigenvalue weighted by Gasteiger charge is -2.34. The standard InChI is InChI=1S/C30H35N3O4/c1-4-5-11-25-12-13-26(30(34)35)18-28(25)33(19-29-31-22(3)37-32-29)21(2)24-14-16-27(17-15-24)36-20-23-9-7-6-8-10-23/h6-10,12-16,18,21,27H,4-5,11,17,19-20H2,1-3H3,(H,34,35). The SMILES string of the molecule is CCCCc1ccc(C(=O)O)cc1N(Cc1noc(C)n1)C(C)C1=CCC(OCc2ccccc2)C=C1. The summed E-state index contributed by atoms with van der Waals surface area (Å²) in [6.07, 6.45) is 10.2. The third kappa shape index (κ3) is 6.95. The van der Waals surface area contributed by atoms with Crippen LogP contribution < -0.4 is 4.90 Å². The van der Waals surface area contributed by atoms with Crippen LogP contribution in [0, 0.1) is 6.92 Å². The van der Waals surface area contributed by atoms with Gasteiger partial charge < -0.3 is 19.3 Å². The summed E-state index contributed by atoms with van der Waals surface area (Å²) in [4.78, 5) is 18.4. The molecular formula is C30H35N3O4. The number of benzene rings is 2. The second-order valence-corrected chi connectivity index (χ2v) is 9.42. The molecule has 7 nitrogen and oxygen atoms in total. The van der Waals surface area contributed by atoms with Gasteiger partial charge in [0.15, 0.2) is 5.82 Å². The van der Waals surface area contributed by atoms with Gasteiger partial charge in [0.2, 0.25) is 5.89 Å². The number of nitrogens with zero attached hydrogens (tertiary/aromatic N) is 3. The number of carbonyl (C=O) groups is 1. The number of hydrogen-bond donors (Lipinski definition) is 1. The van der Waals surface area contributed by atoms with Gasteiger partial charge in [-0.05, 0) is 55.0 Å². The monoisotopic (exact) mass is 501 g/mol. The zero-order valence-corrected chi connectivity index (χ0v) is 21.8. The van der Waals surface area contributed by atoms with E-state index in [1.807, 2.05) is 24.3 Å². The predicted octanol–water partition coefficient (Wildman–Crippen LogP) is 6.29. The first kappa shape index (κ1) is 26.4. The van der Waals surface area contributed by atoms with E-state index in [0.717, 1.165) is 48.1 Å². The molecule has 194 valence electrons. The summed E-state index contributed by atoms with van der Waals surface area (Å²) in [7, 11) is 0. The molecule has 1 aliphatic rings. The number of carboxylic acids is 1. The number of unbranched alkanes of at least 4 members (excludes halogenated alkanes) is 1. The number of aromatic nitrogens is 2. The molecule has 0 saturated carbocycles. The van der Waals surface area contributed by atoms with Gasteiger partial charge in [0.1, 0.15) is 0 Å². The molecule has 0 radical (unpaired) electrons. The Balaban J connectivity index is 1.58. The molecule has 0 aliphatic heterocycles. The summed E-state index contributed by atoms with van der Waals surface area (Å²) < 4.78 is 11.3. The Hall–Kier alpha value is -3.71. The Morgan fingerprint density at radius 2 is 2.05 bits per heavy atom. The van der Waals surface area contributed by atoms with Crippen LogP contribution in [0.2, 0.25) is 0 Å². The van der Waals surface area contributed by atoms with Crippen molar-refractivity contribution in [2.24, 2.45) is 0 Å². The number of rotatable bonds is 12. The van der Waals surface area contributed by atoms with E-state index in [2.05, 4.69) is 59.2 Å². The van der Waals surface area contributed by atoms with Crippen molar-refractivity contribution in [3.63, 3.8) is 0 Å². The van der Waals surface area contributed by atoms with E-state index in [1.165, 1.54) is 0 Å². The fourth-order valence-electron chi connectivity index (χ4n) is 4.54. The molecule has 1 aromatic heterocycles. The molecule has 0 saturated heterocycles. The predicted molar refractivity (Wildman–Crippen MR) is 144 cm³/mol. The van der Waals surface area contributed by atoms with Crippen molar-refractivity contribution in [1.82, 2.24) is 10.1 Å². The van der Waals surface area contributed by atoms with E-state index < -0.39 is 5.97 Å². The van der Waals surface area contributed by atoms with Crippen molar-refractivity contribution < 1.29 is 19.2 Å². The number of carboxylic acid groups (broad SMARTS) is 1. The molecule has 0 amide bonds. The summed E-state index contributed by atoms with van der Waals surface area (Å²) in [6.45, 7) is 7.03. The minimum absolute atomic E-state index is 0.0138. The van der Waals surface area contributed by atoms with E-state index in [1.54, 1.807) is 19.1 Å². The van der Waals surface area contributed by atoms with Gasteiger partial charge in [-0.15, -0.1) is 0 Å². The van der Waals surface area contributed by atoms with Crippen molar-refractivity contribution in [2.75, 3.05) is 4.90 Å². The molecule has 4 rings (SSSR count). The molecule has 1 aliphatic carbocycles. The topological polar surface area (TPSA) is 88.7 Å². The zero-order valence-electron chi connectivity index (χ0n) is 21.8. The number of aryl methyl sites for hydroxylation is 2. The molecular weight excluding hydrogens is 466 g/mol.